The maximum Gasteiger partial charge on any atom is 0.255 e. The summed E-state index contributed by atoms with van der Waals surface area (Å²) >= 11 is 0. The van der Waals surface area contributed by atoms with Crippen LogP contribution < -0.4 is 5.56 Å². The topological polar surface area (TPSA) is 61.4 Å². The number of hydrogen-bond acceptors (Lipinski definition) is 4. The van der Waals surface area contributed by atoms with Crippen molar-refractivity contribution in [3.8, 4) is 0 Å². The van der Waals surface area contributed by atoms with Gasteiger partial charge in [-0.3, -0.25) is 14.7 Å². The molecule has 0 saturated heterocycles. The van der Waals surface area contributed by atoms with Crippen molar-refractivity contribution in [3.63, 3.8) is 0 Å². The van der Waals surface area contributed by atoms with E-state index in [-0.39, 0.29) is 5.56 Å². The predicted molar refractivity (Wildman–Crippen MR) is 107 cm³/mol. The number of nitrogens with zero attached hydrogens (tertiary/aromatic N) is 3. The predicted octanol–water partition coefficient (Wildman–Crippen LogP) is 3.09. The normalized spacial score (nSPS) is 29.4. The summed E-state index contributed by atoms with van der Waals surface area (Å²) in [5, 5.41) is 0. The second-order valence-electron chi connectivity index (χ2n) is 9.41. The molecule has 0 radical (unpaired) electrons. The number of aromatic amines is 1. The molecule has 2 atom stereocenters. The van der Waals surface area contributed by atoms with E-state index in [2.05, 4.69) is 34.8 Å². The largest absolute Gasteiger partial charge is 0.305 e. The van der Waals surface area contributed by atoms with Crippen LogP contribution in [0.2, 0.25) is 0 Å². The third-order valence-corrected chi connectivity index (χ3v) is 7.53. The first kappa shape index (κ1) is 17.4. The second-order valence-corrected chi connectivity index (χ2v) is 9.41. The van der Waals surface area contributed by atoms with Crippen molar-refractivity contribution >= 4 is 5.71 Å². The first-order valence-corrected chi connectivity index (χ1v) is 10.6. The van der Waals surface area contributed by atoms with Crippen LogP contribution >= 0.6 is 0 Å². The van der Waals surface area contributed by atoms with Crippen LogP contribution in [0.15, 0.2) is 21.4 Å². The van der Waals surface area contributed by atoms with Crippen LogP contribution in [0.5, 0.6) is 0 Å². The van der Waals surface area contributed by atoms with Crippen LogP contribution in [-0.4, -0.2) is 40.2 Å². The van der Waals surface area contributed by atoms with Crippen molar-refractivity contribution in [3.05, 3.63) is 39.1 Å². The number of rotatable bonds is 3. The third-order valence-electron chi connectivity index (χ3n) is 7.53. The van der Waals surface area contributed by atoms with Gasteiger partial charge in [-0.2, -0.15) is 0 Å². The molecule has 5 aliphatic rings. The zero-order chi connectivity index (χ0) is 18.6. The molecule has 1 N–H and O–H groups in total. The van der Waals surface area contributed by atoms with Crippen molar-refractivity contribution in [2.45, 2.75) is 58.9 Å². The van der Waals surface area contributed by atoms with E-state index in [9.17, 15) is 4.79 Å². The summed E-state index contributed by atoms with van der Waals surface area (Å²) in [7, 11) is 0. The lowest BCUT2D eigenvalue weighted by Crippen LogP contribution is -2.50. The molecular weight excluding hydrogens is 336 g/mol. The van der Waals surface area contributed by atoms with Crippen LogP contribution in [0.25, 0.3) is 0 Å². The van der Waals surface area contributed by atoms with Gasteiger partial charge in [0.05, 0.1) is 17.0 Å². The molecule has 2 bridgehead atoms. The van der Waals surface area contributed by atoms with E-state index in [1.165, 1.54) is 12.8 Å². The fourth-order valence-corrected chi connectivity index (χ4v) is 5.56. The van der Waals surface area contributed by atoms with E-state index >= 15 is 0 Å². The molecule has 5 heteroatoms. The Morgan fingerprint density at radius 1 is 1.30 bits per heavy atom. The van der Waals surface area contributed by atoms with E-state index in [0.717, 1.165) is 80.7 Å². The zero-order valence-electron chi connectivity index (χ0n) is 16.6. The molecule has 3 heterocycles. The number of aliphatic imine (C=N–C) groups is 1. The minimum atomic E-state index is 0.0367. The summed E-state index contributed by atoms with van der Waals surface area (Å²) in [6, 6.07) is 0. The molecule has 1 aromatic rings. The molecule has 0 aromatic carbocycles. The van der Waals surface area contributed by atoms with Crippen LogP contribution in [0.1, 0.15) is 63.0 Å². The highest BCUT2D eigenvalue weighted by Crippen LogP contribution is 2.59. The van der Waals surface area contributed by atoms with Gasteiger partial charge in [-0.05, 0) is 49.4 Å². The molecule has 27 heavy (non-hydrogen) atoms. The molecule has 0 spiro atoms. The molecular formula is C22H30N4O. The number of H-pyrrole nitrogens is 1. The van der Waals surface area contributed by atoms with Crippen LogP contribution in [0.4, 0.5) is 0 Å². The minimum absolute atomic E-state index is 0.0367. The van der Waals surface area contributed by atoms with Gasteiger partial charge in [-0.15, -0.1) is 0 Å². The molecule has 5 nitrogen and oxygen atoms in total. The van der Waals surface area contributed by atoms with Gasteiger partial charge in [0.25, 0.3) is 5.56 Å². The Balaban J connectivity index is 1.34. The third kappa shape index (κ3) is 2.91. The Morgan fingerprint density at radius 3 is 2.93 bits per heavy atom. The summed E-state index contributed by atoms with van der Waals surface area (Å²) in [6.45, 7) is 8.43. The quantitative estimate of drug-likeness (QED) is 0.836. The number of allylic oxidation sites excluding steroid dienone is 1. The Bertz CT molecular complexity index is 879. The molecule has 144 valence electrons. The highest BCUT2D eigenvalue weighted by Gasteiger charge is 2.51. The molecule has 2 aliphatic heterocycles. The molecule has 3 aliphatic carbocycles. The average Bonchev–Trinajstić information content (AvgIpc) is 2.69. The van der Waals surface area contributed by atoms with Gasteiger partial charge in [-0.25, -0.2) is 4.98 Å². The molecule has 6 rings (SSSR count). The smallest absolute Gasteiger partial charge is 0.255 e. The maximum atomic E-state index is 12.7. The second kappa shape index (κ2) is 6.40. The number of hydrogen-bond donors (Lipinski definition) is 1. The van der Waals surface area contributed by atoms with Gasteiger partial charge < -0.3 is 4.98 Å². The summed E-state index contributed by atoms with van der Waals surface area (Å²) in [5.74, 6) is 2.33. The van der Waals surface area contributed by atoms with Crippen molar-refractivity contribution in [1.29, 1.82) is 0 Å². The van der Waals surface area contributed by atoms with Crippen LogP contribution in [0.3, 0.4) is 0 Å². The monoisotopic (exact) mass is 366 g/mol. The van der Waals surface area contributed by atoms with Gasteiger partial charge in [-0.1, -0.05) is 25.5 Å². The van der Waals surface area contributed by atoms with Gasteiger partial charge in [0.15, 0.2) is 5.82 Å². The lowest BCUT2D eigenvalue weighted by Gasteiger charge is -2.57. The van der Waals surface area contributed by atoms with E-state index in [4.69, 9.17) is 4.98 Å². The standard InChI is InChI=1S/C22H30N4O/c1-22(2)15-7-6-14(17(22)11-15)12-26-10-8-18-16(13-26)21(27)25-20(24-18)19-5-3-4-9-23-19/h6,15,17H,3-5,7-13H2,1-2H3,(H,24,25,27). The van der Waals surface area contributed by atoms with Crippen LogP contribution in [0, 0.1) is 17.3 Å². The summed E-state index contributed by atoms with van der Waals surface area (Å²) in [6.07, 6.45) is 9.15. The maximum absolute atomic E-state index is 12.7. The summed E-state index contributed by atoms with van der Waals surface area (Å²) < 4.78 is 0. The fourth-order valence-electron chi connectivity index (χ4n) is 5.56. The highest BCUT2D eigenvalue weighted by atomic mass is 16.1. The lowest BCUT2D eigenvalue weighted by atomic mass is 9.49. The number of nitrogens with one attached hydrogen (secondary N) is 1. The molecule has 1 aromatic heterocycles. The zero-order valence-corrected chi connectivity index (χ0v) is 16.6. The van der Waals surface area contributed by atoms with Gasteiger partial charge in [0.1, 0.15) is 0 Å². The van der Waals surface area contributed by atoms with Crippen molar-refractivity contribution < 1.29 is 0 Å². The van der Waals surface area contributed by atoms with E-state index < -0.39 is 0 Å². The fraction of sp³-hybridized carbons (Fsp3) is 0.682. The van der Waals surface area contributed by atoms with E-state index in [1.54, 1.807) is 5.57 Å². The summed E-state index contributed by atoms with van der Waals surface area (Å²) in [5.41, 5.74) is 4.94. The first-order chi connectivity index (χ1) is 13.0. The Morgan fingerprint density at radius 2 is 2.19 bits per heavy atom. The Labute approximate surface area is 161 Å². The van der Waals surface area contributed by atoms with E-state index in [1.807, 2.05) is 0 Å². The van der Waals surface area contributed by atoms with Crippen molar-refractivity contribution in [2.75, 3.05) is 19.6 Å². The number of aromatic nitrogens is 2. The molecule has 1 fully saturated rings. The van der Waals surface area contributed by atoms with Crippen molar-refractivity contribution in [2.24, 2.45) is 22.2 Å². The minimum Gasteiger partial charge on any atom is -0.305 e. The molecule has 1 saturated carbocycles. The Kier molecular flexibility index (Phi) is 4.12. The van der Waals surface area contributed by atoms with Gasteiger partial charge >= 0.3 is 0 Å². The van der Waals surface area contributed by atoms with E-state index in [0.29, 0.717) is 11.2 Å². The van der Waals surface area contributed by atoms with Crippen LogP contribution in [-0.2, 0) is 13.0 Å². The van der Waals surface area contributed by atoms with Gasteiger partial charge in [0, 0.05) is 32.6 Å². The molecule has 2 unspecified atom stereocenters. The average molecular weight is 367 g/mol. The molecule has 0 amide bonds. The Hall–Kier alpha value is -1.75. The lowest BCUT2D eigenvalue weighted by molar-refractivity contribution is -0.0110. The summed E-state index contributed by atoms with van der Waals surface area (Å²) in [4.78, 5) is 27.6. The van der Waals surface area contributed by atoms with Gasteiger partial charge in [0.2, 0.25) is 0 Å². The SMILES string of the molecule is CC1(C)C2CC=C(CN3CCc4nc(C5=NCCCC5)[nH]c(=O)c4C3)C1C2. The van der Waals surface area contributed by atoms with Crippen molar-refractivity contribution in [1.82, 2.24) is 14.9 Å². The first-order valence-electron chi connectivity index (χ1n) is 10.6. The number of fused-ring (bicyclic) bond motifs is 2. The highest BCUT2D eigenvalue weighted by molar-refractivity contribution is 5.97.